The van der Waals surface area contributed by atoms with E-state index in [4.69, 9.17) is 9.47 Å². The van der Waals surface area contributed by atoms with E-state index in [1.807, 2.05) is 84.9 Å². The monoisotopic (exact) mass is 856 g/mol. The molecule has 312 valence electrons. The third-order valence-corrected chi connectivity index (χ3v) is 17.1. The van der Waals surface area contributed by atoms with Gasteiger partial charge < -0.3 is 4.74 Å². The second-order valence-electron chi connectivity index (χ2n) is 16.4. The van der Waals surface area contributed by atoms with Gasteiger partial charge in [-0.1, -0.05) is 26.0 Å². The van der Waals surface area contributed by atoms with E-state index in [9.17, 15) is 19.2 Å². The summed E-state index contributed by atoms with van der Waals surface area (Å²) in [5, 5.41) is 6.92. The number of ether oxygens (including phenoxy) is 2. The maximum atomic E-state index is 14.3. The molecule has 0 radical (unpaired) electrons. The number of fused-ring (bicyclic) bond motifs is 2. The van der Waals surface area contributed by atoms with Crippen molar-refractivity contribution in [1.82, 2.24) is 5.32 Å². The van der Waals surface area contributed by atoms with Crippen LogP contribution < -0.4 is 40.9 Å². The normalized spacial score (nSPS) is 13.6. The van der Waals surface area contributed by atoms with E-state index >= 15 is 0 Å². The Morgan fingerprint density at radius 1 is 0.406 bits per heavy atom. The molecule has 2 aliphatic heterocycles. The molecule has 10 rings (SSSR count). The van der Waals surface area contributed by atoms with Crippen LogP contribution in [-0.2, 0) is 5.41 Å². The van der Waals surface area contributed by atoms with Crippen LogP contribution in [0.4, 0.5) is 5.69 Å². The molecule has 0 fully saturated rings. The number of hydrogen-bond acceptors (Lipinski definition) is 6. The number of imide groups is 2. The molecular formula is C55H41N2O6P. The number of amides is 4. The summed E-state index contributed by atoms with van der Waals surface area (Å²) in [6.07, 6.45) is 0. The van der Waals surface area contributed by atoms with Crippen molar-refractivity contribution in [3.8, 4) is 23.0 Å². The number of benzene rings is 8. The van der Waals surface area contributed by atoms with E-state index in [2.05, 4.69) is 98.0 Å². The second kappa shape index (κ2) is 16.1. The third-order valence-electron chi connectivity index (χ3n) is 12.3. The molecule has 2 aliphatic rings. The van der Waals surface area contributed by atoms with E-state index in [-0.39, 0.29) is 16.9 Å². The average Bonchev–Trinajstić information content (AvgIpc) is 3.76. The standard InChI is InChI=1S/C55H41N2O6P/c1-55(2,36-21-25-39(26-22-36)62-41-29-31-47-49(34-41)52(59)56-51(47)58)37-23-27-40(28-24-37)63-42-30-32-48-50(35-42)54(61)57(53(48)60)38-13-12-20-46(33-38)64(43-14-6-3-7-15-43,44-16-8-4-9-17-44)45-18-10-5-11-19-45/h3-35,64H,1-2H3,(H,56,58,59). The van der Waals surface area contributed by atoms with Crippen molar-refractivity contribution in [3.05, 3.63) is 234 Å². The fourth-order valence-corrected chi connectivity index (χ4v) is 13.8. The van der Waals surface area contributed by atoms with Crippen molar-refractivity contribution in [2.24, 2.45) is 0 Å². The Kier molecular flexibility index (Phi) is 10.1. The molecule has 2 heterocycles. The zero-order valence-corrected chi connectivity index (χ0v) is 35.9. The molecule has 9 heteroatoms. The van der Waals surface area contributed by atoms with E-state index in [0.717, 1.165) is 16.4 Å². The molecule has 8 nitrogen and oxygen atoms in total. The van der Waals surface area contributed by atoms with Crippen molar-refractivity contribution in [1.29, 1.82) is 0 Å². The molecule has 8 aromatic carbocycles. The summed E-state index contributed by atoms with van der Waals surface area (Å²) in [4.78, 5) is 53.7. The number of anilines is 1. The summed E-state index contributed by atoms with van der Waals surface area (Å²) >= 11 is 0. The Morgan fingerprint density at radius 3 is 1.34 bits per heavy atom. The van der Waals surface area contributed by atoms with Gasteiger partial charge in [0.1, 0.15) is 11.5 Å². The zero-order chi connectivity index (χ0) is 44.0. The minimum atomic E-state index is -2.91. The van der Waals surface area contributed by atoms with Gasteiger partial charge in [0, 0.05) is 5.41 Å². The summed E-state index contributed by atoms with van der Waals surface area (Å²) in [5.41, 5.74) is 3.48. The minimum absolute atomic E-state index is 0.285. The predicted molar refractivity (Wildman–Crippen MR) is 254 cm³/mol. The van der Waals surface area contributed by atoms with Crippen LogP contribution in [0.5, 0.6) is 23.0 Å². The Hall–Kier alpha value is -7.93. The third kappa shape index (κ3) is 6.95. The van der Waals surface area contributed by atoms with Crippen LogP contribution in [0, 0.1) is 0 Å². The van der Waals surface area contributed by atoms with Gasteiger partial charge >= 0.3 is 246 Å². The van der Waals surface area contributed by atoms with Crippen molar-refractivity contribution in [2.75, 3.05) is 4.90 Å². The number of carbonyl (C=O) groups is 4. The van der Waals surface area contributed by atoms with Gasteiger partial charge in [-0.2, -0.15) is 0 Å². The van der Waals surface area contributed by atoms with Crippen LogP contribution in [0.15, 0.2) is 200 Å². The molecule has 0 bridgehead atoms. The van der Waals surface area contributed by atoms with Gasteiger partial charge in [-0.25, -0.2) is 0 Å². The Balaban J connectivity index is 0.878. The van der Waals surface area contributed by atoms with Crippen molar-refractivity contribution < 1.29 is 28.7 Å². The van der Waals surface area contributed by atoms with Crippen LogP contribution in [0.1, 0.15) is 66.4 Å². The molecule has 0 aromatic heterocycles. The van der Waals surface area contributed by atoms with Crippen LogP contribution >= 0.6 is 7.26 Å². The maximum absolute atomic E-state index is 14.3. The van der Waals surface area contributed by atoms with Gasteiger partial charge in [0.05, 0.1) is 11.1 Å². The van der Waals surface area contributed by atoms with Crippen molar-refractivity contribution >= 4 is 57.8 Å². The summed E-state index contributed by atoms with van der Waals surface area (Å²) in [5.74, 6) is 0.458. The molecule has 0 atom stereocenters. The fraction of sp³-hybridized carbons (Fsp3) is 0.0545. The number of carbonyl (C=O) groups excluding carboxylic acids is 4. The average molecular weight is 857 g/mol. The first-order valence-electron chi connectivity index (χ1n) is 21.0. The Morgan fingerprint density at radius 2 is 0.828 bits per heavy atom. The quantitative estimate of drug-likeness (QED) is 0.103. The summed E-state index contributed by atoms with van der Waals surface area (Å²) in [6, 6.07) is 64.9. The first-order chi connectivity index (χ1) is 31.1. The molecule has 0 unspecified atom stereocenters. The van der Waals surface area contributed by atoms with Gasteiger partial charge in [0.15, 0.2) is 0 Å². The molecule has 0 aliphatic carbocycles. The predicted octanol–water partition coefficient (Wildman–Crippen LogP) is 9.63. The van der Waals surface area contributed by atoms with Crippen LogP contribution in [0.2, 0.25) is 0 Å². The van der Waals surface area contributed by atoms with E-state index in [1.54, 1.807) is 36.4 Å². The van der Waals surface area contributed by atoms with Gasteiger partial charge in [-0.3, -0.25) is 14.9 Å². The summed E-state index contributed by atoms with van der Waals surface area (Å²) in [6.45, 7) is 4.26. The number of nitrogens with zero attached hydrogens (tertiary/aromatic N) is 1. The number of nitrogens with one attached hydrogen (secondary N) is 1. The second-order valence-corrected chi connectivity index (χ2v) is 20.2. The van der Waals surface area contributed by atoms with Gasteiger partial charge in [0.2, 0.25) is 0 Å². The molecular weight excluding hydrogens is 816 g/mol. The Labute approximate surface area is 371 Å². The number of hydrogen-bond donors (Lipinski definition) is 1. The molecule has 64 heavy (non-hydrogen) atoms. The van der Waals surface area contributed by atoms with Crippen molar-refractivity contribution in [3.63, 3.8) is 0 Å². The molecule has 0 spiro atoms. The van der Waals surface area contributed by atoms with Crippen molar-refractivity contribution in [2.45, 2.75) is 19.3 Å². The van der Waals surface area contributed by atoms with E-state index in [1.165, 1.54) is 20.8 Å². The van der Waals surface area contributed by atoms with Gasteiger partial charge in [-0.05, 0) is 41.5 Å². The fourth-order valence-electron chi connectivity index (χ4n) is 8.99. The molecule has 0 saturated carbocycles. The topological polar surface area (TPSA) is 102 Å². The molecule has 8 aromatic rings. The molecule has 1 N–H and O–H groups in total. The van der Waals surface area contributed by atoms with Crippen LogP contribution in [0.25, 0.3) is 0 Å². The van der Waals surface area contributed by atoms with E-state index in [0.29, 0.717) is 45.4 Å². The summed E-state index contributed by atoms with van der Waals surface area (Å²) in [7, 11) is -2.91. The Bertz CT molecular complexity index is 3020. The molecule has 4 amide bonds. The number of rotatable bonds is 11. The zero-order valence-electron chi connectivity index (χ0n) is 34.9. The SMILES string of the molecule is CC(C)(c1ccc(Oc2ccc3c(c2)C(=O)NC3=O)cc1)c1ccc(Oc2ccc3c(c2)C(=O)N(c2cccc([PH](c4ccccc4)(c4ccccc4)c4ccccc4)c2)C3=O)cc1. The van der Waals surface area contributed by atoms with Gasteiger partial charge in [-0.15, -0.1) is 0 Å². The first kappa shape index (κ1) is 40.2. The molecule has 0 saturated heterocycles. The van der Waals surface area contributed by atoms with Gasteiger partial charge in [0.25, 0.3) is 11.8 Å². The van der Waals surface area contributed by atoms with Crippen LogP contribution in [-0.4, -0.2) is 23.6 Å². The summed E-state index contributed by atoms with van der Waals surface area (Å²) < 4.78 is 12.3. The van der Waals surface area contributed by atoms with Crippen LogP contribution in [0.3, 0.4) is 0 Å². The van der Waals surface area contributed by atoms with E-state index < -0.39 is 25.0 Å². The first-order valence-corrected chi connectivity index (χ1v) is 23.0.